The van der Waals surface area contributed by atoms with Crippen LogP contribution in [0.25, 0.3) is 10.1 Å². The van der Waals surface area contributed by atoms with Crippen LogP contribution in [0.5, 0.6) is 0 Å². The number of nitrogens with zero attached hydrogens (tertiary/aromatic N) is 1. The molecule has 1 heterocycles. The molecule has 0 saturated carbocycles. The second-order valence-electron chi connectivity index (χ2n) is 6.97. The summed E-state index contributed by atoms with van der Waals surface area (Å²) in [4.78, 5) is 13.2. The summed E-state index contributed by atoms with van der Waals surface area (Å²) in [5, 5.41) is 3.65. The normalized spacial score (nSPS) is 11.6. The lowest BCUT2D eigenvalue weighted by Gasteiger charge is -2.24. The summed E-state index contributed by atoms with van der Waals surface area (Å²) in [7, 11) is -2.10. The van der Waals surface area contributed by atoms with Gasteiger partial charge in [0.25, 0.3) is 15.9 Å². The average Bonchev–Trinajstić information content (AvgIpc) is 3.16. The van der Waals surface area contributed by atoms with Crippen LogP contribution in [0.1, 0.15) is 28.6 Å². The first kappa shape index (κ1) is 22.3. The van der Waals surface area contributed by atoms with E-state index in [1.807, 2.05) is 26.0 Å². The van der Waals surface area contributed by atoms with Crippen LogP contribution in [0.4, 0.5) is 5.69 Å². The molecule has 0 atom stereocenters. The smallest absolute Gasteiger partial charge is 0.264 e. The lowest BCUT2D eigenvalue weighted by Crippen LogP contribution is -2.31. The number of benzene rings is 2. The van der Waals surface area contributed by atoms with Gasteiger partial charge in [0.15, 0.2) is 0 Å². The Bertz CT molecular complexity index is 1120. The van der Waals surface area contributed by atoms with Crippen molar-refractivity contribution >= 4 is 43.0 Å². The van der Waals surface area contributed by atoms with E-state index in [1.165, 1.54) is 15.6 Å². The number of thiophene rings is 1. The molecule has 3 aromatic rings. The van der Waals surface area contributed by atoms with Gasteiger partial charge in [0.05, 0.1) is 22.1 Å². The van der Waals surface area contributed by atoms with Crippen LogP contribution in [0, 0.1) is 6.92 Å². The first-order valence-corrected chi connectivity index (χ1v) is 12.0. The fourth-order valence-corrected chi connectivity index (χ4v) is 5.59. The number of hydrogen-bond acceptors (Lipinski definition) is 5. The number of aryl methyl sites for hydroxylation is 1. The van der Waals surface area contributed by atoms with Gasteiger partial charge in [-0.25, -0.2) is 8.42 Å². The van der Waals surface area contributed by atoms with Crippen molar-refractivity contribution in [2.24, 2.45) is 0 Å². The van der Waals surface area contributed by atoms with Crippen LogP contribution in [0.3, 0.4) is 0 Å². The van der Waals surface area contributed by atoms with Crippen LogP contribution in [0.2, 0.25) is 0 Å². The zero-order valence-corrected chi connectivity index (χ0v) is 19.0. The van der Waals surface area contributed by atoms with Crippen molar-refractivity contribution < 1.29 is 17.9 Å². The van der Waals surface area contributed by atoms with Gasteiger partial charge in [-0.05, 0) is 55.1 Å². The molecule has 0 fully saturated rings. The zero-order valence-electron chi connectivity index (χ0n) is 17.3. The number of amides is 1. The van der Waals surface area contributed by atoms with E-state index < -0.39 is 10.0 Å². The van der Waals surface area contributed by atoms with E-state index >= 15 is 0 Å². The quantitative estimate of drug-likeness (QED) is 0.500. The third-order valence-corrected chi connectivity index (χ3v) is 7.60. The van der Waals surface area contributed by atoms with E-state index in [4.69, 9.17) is 4.74 Å². The van der Waals surface area contributed by atoms with Crippen LogP contribution in [0.15, 0.2) is 53.4 Å². The summed E-state index contributed by atoms with van der Waals surface area (Å²) in [5.74, 6) is -0.160. The number of carbonyl (C=O) groups excluding carboxylic acids is 1. The van der Waals surface area contributed by atoms with E-state index in [2.05, 4.69) is 5.32 Å². The Morgan fingerprint density at radius 2 is 1.87 bits per heavy atom. The Balaban J connectivity index is 1.94. The molecular weight excluding hydrogens is 420 g/mol. The van der Waals surface area contributed by atoms with E-state index in [0.717, 1.165) is 15.6 Å². The van der Waals surface area contributed by atoms with Gasteiger partial charge in [0.2, 0.25) is 0 Å². The fraction of sp³-hybridized carbons (Fsp3) is 0.318. The van der Waals surface area contributed by atoms with Crippen molar-refractivity contribution in [3.63, 3.8) is 0 Å². The van der Waals surface area contributed by atoms with Gasteiger partial charge in [-0.2, -0.15) is 0 Å². The summed E-state index contributed by atoms with van der Waals surface area (Å²) in [6, 6.07) is 14.2. The standard InChI is InChI=1S/C22H26N2O4S2/c1-4-12-24(30(26,27)19-8-5-16(2)6-9-19)18-7-10-20-17(14-18)15-21(29-20)22(25)23-11-13-28-3/h5-10,14-15H,4,11-13H2,1-3H3,(H,23,25). The third-order valence-electron chi connectivity index (χ3n) is 4.64. The number of methoxy groups -OCH3 is 1. The highest BCUT2D eigenvalue weighted by Gasteiger charge is 2.24. The first-order chi connectivity index (χ1) is 14.4. The van der Waals surface area contributed by atoms with Crippen LogP contribution >= 0.6 is 11.3 Å². The molecule has 0 spiro atoms. The first-order valence-electron chi connectivity index (χ1n) is 9.77. The van der Waals surface area contributed by atoms with Crippen molar-refractivity contribution in [1.82, 2.24) is 5.32 Å². The van der Waals surface area contributed by atoms with Gasteiger partial charge in [0, 0.05) is 24.9 Å². The topological polar surface area (TPSA) is 75.7 Å². The Morgan fingerprint density at radius 1 is 1.13 bits per heavy atom. The Labute approximate surface area is 181 Å². The molecule has 6 nitrogen and oxygen atoms in total. The van der Waals surface area contributed by atoms with Gasteiger partial charge in [-0.1, -0.05) is 24.6 Å². The molecule has 1 aromatic heterocycles. The largest absolute Gasteiger partial charge is 0.383 e. The average molecular weight is 447 g/mol. The van der Waals surface area contributed by atoms with Crippen LogP contribution in [-0.2, 0) is 14.8 Å². The molecule has 3 rings (SSSR count). The maximum Gasteiger partial charge on any atom is 0.264 e. The molecule has 0 aliphatic heterocycles. The van der Waals surface area contributed by atoms with Crippen molar-refractivity contribution in [1.29, 1.82) is 0 Å². The second-order valence-corrected chi connectivity index (χ2v) is 9.92. The molecule has 0 radical (unpaired) electrons. The molecule has 2 aromatic carbocycles. The summed E-state index contributed by atoms with van der Waals surface area (Å²) in [5.41, 5.74) is 1.60. The fourth-order valence-electron chi connectivity index (χ4n) is 3.08. The number of sulfonamides is 1. The van der Waals surface area contributed by atoms with Crippen molar-refractivity contribution in [2.45, 2.75) is 25.2 Å². The minimum atomic E-state index is -3.68. The van der Waals surface area contributed by atoms with E-state index in [9.17, 15) is 13.2 Å². The molecule has 1 N–H and O–H groups in total. The van der Waals surface area contributed by atoms with Crippen molar-refractivity contribution in [3.05, 3.63) is 59.0 Å². The Kier molecular flexibility index (Phi) is 7.12. The zero-order chi connectivity index (χ0) is 21.7. The third kappa shape index (κ3) is 4.83. The molecule has 1 amide bonds. The number of nitrogens with one attached hydrogen (secondary N) is 1. The van der Waals surface area contributed by atoms with Gasteiger partial charge in [-0.3, -0.25) is 9.10 Å². The highest BCUT2D eigenvalue weighted by molar-refractivity contribution is 7.92. The van der Waals surface area contributed by atoms with Crippen molar-refractivity contribution in [2.75, 3.05) is 31.1 Å². The monoisotopic (exact) mass is 446 g/mol. The molecule has 30 heavy (non-hydrogen) atoms. The van der Waals surface area contributed by atoms with E-state index in [0.29, 0.717) is 36.7 Å². The summed E-state index contributed by atoms with van der Waals surface area (Å²) >= 11 is 1.38. The lowest BCUT2D eigenvalue weighted by atomic mass is 10.2. The maximum atomic E-state index is 13.3. The minimum absolute atomic E-state index is 0.160. The van der Waals surface area contributed by atoms with Gasteiger partial charge < -0.3 is 10.1 Å². The molecule has 0 aliphatic rings. The van der Waals surface area contributed by atoms with E-state index in [1.54, 1.807) is 43.5 Å². The molecule has 0 aliphatic carbocycles. The molecule has 0 saturated heterocycles. The van der Waals surface area contributed by atoms with Gasteiger partial charge >= 0.3 is 0 Å². The van der Waals surface area contributed by atoms with Crippen LogP contribution < -0.4 is 9.62 Å². The van der Waals surface area contributed by atoms with Crippen LogP contribution in [-0.4, -0.2) is 41.1 Å². The molecular formula is C22H26N2O4S2. The Hall–Kier alpha value is -2.42. The molecule has 160 valence electrons. The van der Waals surface area contributed by atoms with Gasteiger partial charge in [0.1, 0.15) is 0 Å². The number of fused-ring (bicyclic) bond motifs is 1. The molecule has 0 unspecified atom stereocenters. The van der Waals surface area contributed by atoms with Crippen molar-refractivity contribution in [3.8, 4) is 0 Å². The minimum Gasteiger partial charge on any atom is -0.383 e. The SMILES string of the molecule is CCCN(c1ccc2sc(C(=O)NCCOC)cc2c1)S(=O)(=O)c1ccc(C)cc1. The number of rotatable bonds is 9. The Morgan fingerprint density at radius 3 is 2.53 bits per heavy atom. The number of anilines is 1. The van der Waals surface area contributed by atoms with E-state index in [-0.39, 0.29) is 10.8 Å². The maximum absolute atomic E-state index is 13.3. The summed E-state index contributed by atoms with van der Waals surface area (Å²) in [6.07, 6.45) is 0.680. The number of carbonyl (C=O) groups is 1. The predicted molar refractivity (Wildman–Crippen MR) is 122 cm³/mol. The summed E-state index contributed by atoms with van der Waals surface area (Å²) < 4.78 is 33.9. The number of ether oxygens (including phenoxy) is 1. The molecule has 0 bridgehead atoms. The summed E-state index contributed by atoms with van der Waals surface area (Å²) in [6.45, 7) is 5.13. The molecule has 8 heteroatoms. The predicted octanol–water partition coefficient (Wildman–Crippen LogP) is 4.19. The van der Waals surface area contributed by atoms with Gasteiger partial charge in [-0.15, -0.1) is 11.3 Å². The highest BCUT2D eigenvalue weighted by atomic mass is 32.2. The highest BCUT2D eigenvalue weighted by Crippen LogP contribution is 2.32. The lowest BCUT2D eigenvalue weighted by molar-refractivity contribution is 0.0941. The second kappa shape index (κ2) is 9.59. The number of hydrogen-bond donors (Lipinski definition) is 1.